The van der Waals surface area contributed by atoms with Gasteiger partial charge in [0.1, 0.15) is 17.3 Å². The van der Waals surface area contributed by atoms with Crippen LogP contribution in [0, 0.1) is 11.7 Å². The van der Waals surface area contributed by atoms with Crippen LogP contribution in [0.5, 0.6) is 11.5 Å². The predicted molar refractivity (Wildman–Crippen MR) is 113 cm³/mol. The maximum Gasteiger partial charge on any atom is 0.224 e. The maximum absolute atomic E-state index is 13.2. The second-order valence-electron chi connectivity index (χ2n) is 7.33. The molecule has 1 fully saturated rings. The summed E-state index contributed by atoms with van der Waals surface area (Å²) in [5.74, 6) is -0.646. The van der Waals surface area contributed by atoms with E-state index in [2.05, 4.69) is 21.2 Å². The van der Waals surface area contributed by atoms with Crippen molar-refractivity contribution in [2.75, 3.05) is 0 Å². The lowest BCUT2D eigenvalue weighted by Crippen LogP contribution is -2.35. The van der Waals surface area contributed by atoms with Crippen molar-refractivity contribution in [3.05, 3.63) is 64.0 Å². The van der Waals surface area contributed by atoms with E-state index in [0.717, 1.165) is 19.3 Å². The lowest BCUT2D eigenvalue weighted by molar-refractivity contribution is -0.299. The number of nitrogens with one attached hydrogen (secondary N) is 1. The molecule has 5 nitrogen and oxygen atoms in total. The molecule has 1 aliphatic carbocycles. The number of aliphatic carboxylic acids is 1. The molecule has 0 bridgehead atoms. The van der Waals surface area contributed by atoms with Crippen molar-refractivity contribution >= 4 is 33.9 Å². The van der Waals surface area contributed by atoms with Gasteiger partial charge in [0.25, 0.3) is 0 Å². The summed E-state index contributed by atoms with van der Waals surface area (Å²) in [7, 11) is 0. The van der Waals surface area contributed by atoms with Crippen LogP contribution in [0.4, 0.5) is 4.39 Å². The number of carboxylic acids is 1. The number of ether oxygens (including phenoxy) is 1. The molecule has 1 aliphatic rings. The van der Waals surface area contributed by atoms with Crippen molar-refractivity contribution in [1.82, 2.24) is 5.32 Å². The van der Waals surface area contributed by atoms with Crippen LogP contribution in [0.25, 0.3) is 6.08 Å². The summed E-state index contributed by atoms with van der Waals surface area (Å²) in [4.78, 5) is 23.5. The minimum Gasteiger partial charge on any atom is -0.543 e. The van der Waals surface area contributed by atoms with Gasteiger partial charge in [-0.15, -0.1) is 0 Å². The lowest BCUT2D eigenvalue weighted by Gasteiger charge is -2.13. The molecule has 0 aromatic heterocycles. The van der Waals surface area contributed by atoms with E-state index in [9.17, 15) is 19.1 Å². The highest BCUT2D eigenvalue weighted by Crippen LogP contribution is 2.30. The molecule has 0 atom stereocenters. The Kier molecular flexibility index (Phi) is 7.63. The van der Waals surface area contributed by atoms with Crippen LogP contribution in [0.3, 0.4) is 0 Å². The van der Waals surface area contributed by atoms with Crippen molar-refractivity contribution < 1.29 is 23.8 Å². The monoisotopic (exact) mass is 474 g/mol. The first-order chi connectivity index (χ1) is 14.4. The third kappa shape index (κ3) is 6.42. The number of amides is 1. The molecule has 3 rings (SSSR count). The number of carbonyl (C=O) groups excluding carboxylic acids is 2. The maximum atomic E-state index is 13.2. The average molecular weight is 475 g/mol. The SMILES string of the molecule is O=C(CCC1CCCC1)N/C(=C\c1ccc(Oc2ccc(F)cc2Br)cc1)C(=O)[O-]. The van der Waals surface area contributed by atoms with E-state index in [1.54, 1.807) is 24.3 Å². The molecule has 0 radical (unpaired) electrons. The molecule has 0 heterocycles. The normalized spacial score (nSPS) is 14.5. The van der Waals surface area contributed by atoms with Gasteiger partial charge >= 0.3 is 0 Å². The fraction of sp³-hybridized carbons (Fsp3) is 0.304. The Balaban J connectivity index is 1.62. The summed E-state index contributed by atoms with van der Waals surface area (Å²) in [6.45, 7) is 0. The molecule has 2 aromatic carbocycles. The zero-order chi connectivity index (χ0) is 21.5. The molecule has 1 saturated carbocycles. The van der Waals surface area contributed by atoms with Crippen LogP contribution >= 0.6 is 15.9 Å². The first-order valence-electron chi connectivity index (χ1n) is 9.86. The Morgan fingerprint density at radius 2 is 1.87 bits per heavy atom. The second-order valence-corrected chi connectivity index (χ2v) is 8.18. The summed E-state index contributed by atoms with van der Waals surface area (Å²) in [6, 6.07) is 10.7. The number of carboxylic acid groups (broad SMARTS) is 1. The fourth-order valence-corrected chi connectivity index (χ4v) is 3.91. The molecule has 0 aliphatic heterocycles. The van der Waals surface area contributed by atoms with Gasteiger partial charge in [-0.1, -0.05) is 37.8 Å². The van der Waals surface area contributed by atoms with Crippen molar-refractivity contribution in [2.45, 2.75) is 38.5 Å². The molecule has 0 spiro atoms. The first kappa shape index (κ1) is 22.0. The fourth-order valence-electron chi connectivity index (χ4n) is 3.48. The topological polar surface area (TPSA) is 78.5 Å². The Labute approximate surface area is 183 Å². The van der Waals surface area contributed by atoms with Gasteiger partial charge in [-0.25, -0.2) is 4.39 Å². The Morgan fingerprint density at radius 3 is 2.50 bits per heavy atom. The van der Waals surface area contributed by atoms with E-state index < -0.39 is 5.97 Å². The molecule has 2 aromatic rings. The summed E-state index contributed by atoms with van der Waals surface area (Å²) >= 11 is 3.24. The van der Waals surface area contributed by atoms with E-state index in [0.29, 0.717) is 33.9 Å². The van der Waals surface area contributed by atoms with Gasteiger partial charge < -0.3 is 20.0 Å². The van der Waals surface area contributed by atoms with Gasteiger partial charge in [0.2, 0.25) is 5.91 Å². The van der Waals surface area contributed by atoms with Crippen LogP contribution in [0.15, 0.2) is 52.6 Å². The highest BCUT2D eigenvalue weighted by Gasteiger charge is 2.16. The van der Waals surface area contributed by atoms with E-state index in [1.807, 2.05) is 0 Å². The summed E-state index contributed by atoms with van der Waals surface area (Å²) in [6.07, 6.45) is 7.10. The quantitative estimate of drug-likeness (QED) is 0.568. The Bertz CT molecular complexity index is 937. The van der Waals surface area contributed by atoms with Gasteiger partial charge in [-0.3, -0.25) is 4.79 Å². The molecular weight excluding hydrogens is 453 g/mol. The highest BCUT2D eigenvalue weighted by molar-refractivity contribution is 9.10. The average Bonchev–Trinajstić information content (AvgIpc) is 3.23. The van der Waals surface area contributed by atoms with Crippen LogP contribution < -0.4 is 15.2 Å². The summed E-state index contributed by atoms with van der Waals surface area (Å²) in [5, 5.41) is 13.9. The zero-order valence-corrected chi connectivity index (χ0v) is 17.9. The number of rotatable bonds is 8. The van der Waals surface area contributed by atoms with Gasteiger partial charge in [0.15, 0.2) is 0 Å². The van der Waals surface area contributed by atoms with Gasteiger partial charge in [0.05, 0.1) is 16.1 Å². The minimum atomic E-state index is -1.44. The number of hydrogen-bond donors (Lipinski definition) is 1. The van der Waals surface area contributed by atoms with Gasteiger partial charge in [0, 0.05) is 6.42 Å². The van der Waals surface area contributed by atoms with E-state index in [1.165, 1.54) is 37.1 Å². The standard InChI is InChI=1S/C23H23BrFNO4/c24-19-14-17(25)8-11-21(19)30-18-9-5-16(6-10-18)13-20(23(28)29)26-22(27)12-7-15-3-1-2-4-15/h5-6,8-11,13-15H,1-4,7,12H2,(H,26,27)(H,28,29)/p-1/b20-13-. The molecule has 158 valence electrons. The molecular formula is C23H22BrFNO4-. The third-order valence-corrected chi connectivity index (χ3v) is 5.68. The number of benzene rings is 2. The molecule has 0 unspecified atom stereocenters. The number of halogens is 2. The van der Waals surface area contributed by atoms with Crippen molar-refractivity contribution in [3.63, 3.8) is 0 Å². The Morgan fingerprint density at radius 1 is 1.17 bits per heavy atom. The van der Waals surface area contributed by atoms with E-state index in [4.69, 9.17) is 4.74 Å². The lowest BCUT2D eigenvalue weighted by atomic mass is 10.0. The zero-order valence-electron chi connectivity index (χ0n) is 16.3. The van der Waals surface area contributed by atoms with Crippen LogP contribution in [0.2, 0.25) is 0 Å². The number of hydrogen-bond acceptors (Lipinski definition) is 4. The second kappa shape index (κ2) is 10.4. The number of carbonyl (C=O) groups is 2. The first-order valence-corrected chi connectivity index (χ1v) is 10.7. The predicted octanol–water partition coefficient (Wildman–Crippen LogP) is 4.56. The summed E-state index contributed by atoms with van der Waals surface area (Å²) < 4.78 is 19.3. The van der Waals surface area contributed by atoms with Crippen LogP contribution in [0.1, 0.15) is 44.1 Å². The summed E-state index contributed by atoms with van der Waals surface area (Å²) in [5.41, 5.74) is 0.289. The van der Waals surface area contributed by atoms with Crippen LogP contribution in [-0.4, -0.2) is 11.9 Å². The Hall–Kier alpha value is -2.67. The van der Waals surface area contributed by atoms with Crippen molar-refractivity contribution in [2.24, 2.45) is 5.92 Å². The van der Waals surface area contributed by atoms with E-state index in [-0.39, 0.29) is 17.4 Å². The van der Waals surface area contributed by atoms with E-state index >= 15 is 0 Å². The largest absolute Gasteiger partial charge is 0.543 e. The van der Waals surface area contributed by atoms with Crippen molar-refractivity contribution in [1.29, 1.82) is 0 Å². The van der Waals surface area contributed by atoms with Crippen molar-refractivity contribution in [3.8, 4) is 11.5 Å². The smallest absolute Gasteiger partial charge is 0.224 e. The van der Waals surface area contributed by atoms with Gasteiger partial charge in [-0.2, -0.15) is 0 Å². The highest BCUT2D eigenvalue weighted by atomic mass is 79.9. The van der Waals surface area contributed by atoms with Gasteiger partial charge in [-0.05, 0) is 70.2 Å². The van der Waals surface area contributed by atoms with Crippen LogP contribution in [-0.2, 0) is 9.59 Å². The minimum absolute atomic E-state index is 0.277. The molecule has 1 N–H and O–H groups in total. The molecule has 30 heavy (non-hydrogen) atoms. The molecule has 7 heteroatoms. The molecule has 0 saturated heterocycles. The molecule has 1 amide bonds. The third-order valence-electron chi connectivity index (χ3n) is 5.06.